The van der Waals surface area contributed by atoms with E-state index in [0.717, 1.165) is 18.8 Å². The Morgan fingerprint density at radius 1 is 0.846 bits per heavy atom. The van der Waals surface area contributed by atoms with Gasteiger partial charge in [-0.25, -0.2) is 9.97 Å². The first kappa shape index (κ1) is 18.2. The minimum atomic E-state index is 0.232. The van der Waals surface area contributed by atoms with Gasteiger partial charge in [0.2, 0.25) is 17.7 Å². The van der Waals surface area contributed by atoms with E-state index in [2.05, 4.69) is 32.2 Å². The predicted octanol–water partition coefficient (Wildman–Crippen LogP) is 2.95. The lowest BCUT2D eigenvalue weighted by Gasteiger charge is -2.27. The van der Waals surface area contributed by atoms with Crippen LogP contribution in [0.5, 0.6) is 17.8 Å². The van der Waals surface area contributed by atoms with Crippen molar-refractivity contribution in [2.75, 3.05) is 26.6 Å². The van der Waals surface area contributed by atoms with E-state index in [4.69, 9.17) is 14.2 Å². The molecule has 1 saturated carbocycles. The minimum absolute atomic E-state index is 0.232. The second-order valence-corrected chi connectivity index (χ2v) is 6.50. The highest BCUT2D eigenvalue weighted by Gasteiger charge is 2.21. The van der Waals surface area contributed by atoms with E-state index >= 15 is 0 Å². The van der Waals surface area contributed by atoms with Crippen LogP contribution in [-0.2, 0) is 0 Å². The van der Waals surface area contributed by atoms with Gasteiger partial charge in [-0.2, -0.15) is 9.97 Å². The molecule has 1 aliphatic rings. The first-order valence-electron chi connectivity index (χ1n) is 8.77. The largest absolute Gasteiger partial charge is 0.480 e. The van der Waals surface area contributed by atoms with Crippen LogP contribution in [0, 0.1) is 5.92 Å². The summed E-state index contributed by atoms with van der Waals surface area (Å²) in [6.07, 6.45) is 8.04. The van der Waals surface area contributed by atoms with Crippen LogP contribution in [0.4, 0.5) is 5.95 Å². The second kappa shape index (κ2) is 8.16. The van der Waals surface area contributed by atoms with Crippen molar-refractivity contribution in [1.82, 2.24) is 19.9 Å². The zero-order chi connectivity index (χ0) is 18.5. The fraction of sp³-hybridized carbons (Fsp3) is 0.556. The monoisotopic (exact) mass is 359 g/mol. The molecule has 1 aliphatic carbocycles. The van der Waals surface area contributed by atoms with E-state index in [1.807, 2.05) is 0 Å². The summed E-state index contributed by atoms with van der Waals surface area (Å²) < 4.78 is 15.9. The Morgan fingerprint density at radius 3 is 2.08 bits per heavy atom. The number of rotatable bonds is 6. The Kier molecular flexibility index (Phi) is 5.70. The van der Waals surface area contributed by atoms with Crippen LogP contribution < -0.4 is 19.5 Å². The first-order valence-corrected chi connectivity index (χ1v) is 8.77. The molecule has 1 N–H and O–H groups in total. The Bertz CT molecular complexity index is 748. The van der Waals surface area contributed by atoms with Crippen molar-refractivity contribution >= 4 is 5.95 Å². The molecule has 8 heteroatoms. The van der Waals surface area contributed by atoms with Gasteiger partial charge in [-0.15, -0.1) is 0 Å². The molecule has 140 valence electrons. The van der Waals surface area contributed by atoms with Gasteiger partial charge < -0.3 is 19.5 Å². The summed E-state index contributed by atoms with van der Waals surface area (Å²) in [4.78, 5) is 17.3. The van der Waals surface area contributed by atoms with E-state index in [-0.39, 0.29) is 6.01 Å². The highest BCUT2D eigenvalue weighted by Crippen LogP contribution is 2.34. The van der Waals surface area contributed by atoms with Gasteiger partial charge in [0.1, 0.15) is 0 Å². The predicted molar refractivity (Wildman–Crippen MR) is 97.8 cm³/mol. The molecule has 0 aromatic carbocycles. The normalized spacial score (nSPS) is 19.7. The molecule has 8 nitrogen and oxygen atoms in total. The third-order valence-corrected chi connectivity index (χ3v) is 4.69. The molecule has 0 unspecified atom stereocenters. The van der Waals surface area contributed by atoms with E-state index in [9.17, 15) is 0 Å². The first-order chi connectivity index (χ1) is 12.6. The lowest BCUT2D eigenvalue weighted by atomic mass is 9.87. The average molecular weight is 359 g/mol. The number of hydrogen-bond donors (Lipinski definition) is 1. The van der Waals surface area contributed by atoms with Gasteiger partial charge in [-0.05, 0) is 31.6 Å². The number of nitrogens with one attached hydrogen (secondary N) is 1. The Labute approximate surface area is 153 Å². The lowest BCUT2D eigenvalue weighted by Crippen LogP contribution is -2.26. The molecule has 0 saturated heterocycles. The van der Waals surface area contributed by atoms with E-state index in [0.29, 0.717) is 34.9 Å². The number of methoxy groups -OCH3 is 3. The molecule has 3 rings (SSSR count). The molecular formula is C18H25N5O3. The molecule has 0 atom stereocenters. The molecule has 2 aromatic rings. The van der Waals surface area contributed by atoms with Crippen molar-refractivity contribution in [1.29, 1.82) is 0 Å². The van der Waals surface area contributed by atoms with Crippen molar-refractivity contribution in [3.8, 4) is 28.9 Å². The maximum absolute atomic E-state index is 5.47. The quantitative estimate of drug-likeness (QED) is 0.842. The van der Waals surface area contributed by atoms with Crippen LogP contribution >= 0.6 is 0 Å². The van der Waals surface area contributed by atoms with Crippen molar-refractivity contribution in [2.45, 2.75) is 38.6 Å². The summed E-state index contributed by atoms with van der Waals surface area (Å²) in [5.74, 6) is 2.19. The molecular weight excluding hydrogens is 334 g/mol. The number of aromatic nitrogens is 4. The van der Waals surface area contributed by atoms with Gasteiger partial charge in [0, 0.05) is 18.4 Å². The smallest absolute Gasteiger partial charge is 0.319 e. The molecule has 2 heterocycles. The van der Waals surface area contributed by atoms with Crippen molar-refractivity contribution in [2.24, 2.45) is 5.92 Å². The Hall–Kier alpha value is -2.64. The summed E-state index contributed by atoms with van der Waals surface area (Å²) in [5, 5.41) is 3.42. The molecule has 0 spiro atoms. The fourth-order valence-electron chi connectivity index (χ4n) is 3.15. The summed E-state index contributed by atoms with van der Waals surface area (Å²) in [6.45, 7) is 2.30. The SMILES string of the molecule is COc1ncc(-c2cnc(NC3CCC(C)CC3)nc2OC)c(OC)n1. The maximum Gasteiger partial charge on any atom is 0.319 e. The zero-order valence-electron chi connectivity index (χ0n) is 15.7. The maximum atomic E-state index is 5.47. The second-order valence-electron chi connectivity index (χ2n) is 6.50. The van der Waals surface area contributed by atoms with Crippen molar-refractivity contribution in [3.63, 3.8) is 0 Å². The van der Waals surface area contributed by atoms with Gasteiger partial charge in [-0.3, -0.25) is 0 Å². The summed E-state index contributed by atoms with van der Waals surface area (Å²) in [7, 11) is 4.62. The summed E-state index contributed by atoms with van der Waals surface area (Å²) in [5.41, 5.74) is 1.30. The van der Waals surface area contributed by atoms with E-state index in [1.165, 1.54) is 20.0 Å². The van der Waals surface area contributed by atoms with Gasteiger partial charge in [0.05, 0.1) is 32.5 Å². The number of ether oxygens (including phenoxy) is 3. The molecule has 0 bridgehead atoms. The van der Waals surface area contributed by atoms with Crippen LogP contribution in [0.15, 0.2) is 12.4 Å². The highest BCUT2D eigenvalue weighted by molar-refractivity contribution is 5.72. The zero-order valence-corrected chi connectivity index (χ0v) is 15.7. The van der Waals surface area contributed by atoms with Gasteiger partial charge in [0.15, 0.2) is 0 Å². The van der Waals surface area contributed by atoms with Crippen LogP contribution in [0.25, 0.3) is 11.1 Å². The van der Waals surface area contributed by atoms with E-state index in [1.54, 1.807) is 26.6 Å². The average Bonchev–Trinajstić information content (AvgIpc) is 2.69. The third kappa shape index (κ3) is 3.95. The minimum Gasteiger partial charge on any atom is -0.480 e. The topological polar surface area (TPSA) is 91.3 Å². The van der Waals surface area contributed by atoms with Gasteiger partial charge >= 0.3 is 6.01 Å². The van der Waals surface area contributed by atoms with Crippen LogP contribution in [0.2, 0.25) is 0 Å². The van der Waals surface area contributed by atoms with Crippen LogP contribution in [0.1, 0.15) is 32.6 Å². The lowest BCUT2D eigenvalue weighted by molar-refractivity contribution is 0.352. The van der Waals surface area contributed by atoms with Gasteiger partial charge in [0.25, 0.3) is 0 Å². The molecule has 0 amide bonds. The third-order valence-electron chi connectivity index (χ3n) is 4.69. The van der Waals surface area contributed by atoms with Gasteiger partial charge in [-0.1, -0.05) is 6.92 Å². The molecule has 26 heavy (non-hydrogen) atoms. The molecule has 1 fully saturated rings. The number of anilines is 1. The van der Waals surface area contributed by atoms with Crippen molar-refractivity contribution in [3.05, 3.63) is 12.4 Å². The standard InChI is InChI=1S/C18H25N5O3/c1-11-5-7-12(8-6-11)21-17-19-9-13(15(22-17)24-2)14-10-20-18(26-4)23-16(14)25-3/h9-12H,5-8H2,1-4H3,(H,19,21,22). The summed E-state index contributed by atoms with van der Waals surface area (Å²) in [6, 6.07) is 0.635. The van der Waals surface area contributed by atoms with E-state index < -0.39 is 0 Å². The Balaban J connectivity index is 1.85. The number of hydrogen-bond acceptors (Lipinski definition) is 8. The molecule has 0 aliphatic heterocycles. The highest BCUT2D eigenvalue weighted by atomic mass is 16.5. The summed E-state index contributed by atoms with van der Waals surface area (Å²) >= 11 is 0. The van der Waals surface area contributed by atoms with Crippen LogP contribution in [0.3, 0.4) is 0 Å². The van der Waals surface area contributed by atoms with Crippen LogP contribution in [-0.4, -0.2) is 47.3 Å². The molecule has 2 aromatic heterocycles. The van der Waals surface area contributed by atoms with Crippen molar-refractivity contribution < 1.29 is 14.2 Å². The Morgan fingerprint density at radius 2 is 1.46 bits per heavy atom. The fourth-order valence-corrected chi connectivity index (χ4v) is 3.15. The molecule has 0 radical (unpaired) electrons. The number of nitrogens with zero attached hydrogens (tertiary/aromatic N) is 4.